The van der Waals surface area contributed by atoms with Gasteiger partial charge >= 0.3 is 0 Å². The van der Waals surface area contributed by atoms with Gasteiger partial charge in [0.15, 0.2) is 5.96 Å². The molecule has 16 heteroatoms. The first-order valence-corrected chi connectivity index (χ1v) is 15.7. The number of nitrogens with two attached hydrogens (primary N) is 4. The molecule has 0 radical (unpaired) electrons. The van der Waals surface area contributed by atoms with E-state index >= 15 is 0 Å². The first-order chi connectivity index (χ1) is 22.1. The van der Waals surface area contributed by atoms with Gasteiger partial charge < -0.3 is 54.3 Å². The highest BCUT2D eigenvalue weighted by atomic mass is 16.5. The Labute approximate surface area is 269 Å². The van der Waals surface area contributed by atoms with Crippen molar-refractivity contribution in [3.8, 4) is 0 Å². The van der Waals surface area contributed by atoms with Crippen molar-refractivity contribution in [3.05, 3.63) is 35.4 Å². The number of fused-ring (bicyclic) bond motifs is 2. The molecule has 1 aliphatic rings. The van der Waals surface area contributed by atoms with E-state index in [2.05, 4.69) is 31.6 Å². The second-order valence-corrected chi connectivity index (χ2v) is 11.0. The Hall–Kier alpha value is -4.28. The van der Waals surface area contributed by atoms with Crippen LogP contribution in [0, 0.1) is 0 Å². The molecule has 0 aromatic heterocycles. The largest absolute Gasteiger partial charge is 0.370 e. The van der Waals surface area contributed by atoms with Gasteiger partial charge in [0.1, 0.15) is 24.9 Å². The highest BCUT2D eigenvalue weighted by Crippen LogP contribution is 2.09. The highest BCUT2D eigenvalue weighted by molar-refractivity contribution is 5.92. The molecule has 0 unspecified atom stereocenters. The lowest BCUT2D eigenvalue weighted by molar-refractivity contribution is -0.133. The maximum Gasteiger partial charge on any atom is 0.245 e. The van der Waals surface area contributed by atoms with Crippen molar-refractivity contribution < 1.29 is 28.7 Å². The third kappa shape index (κ3) is 15.1. The van der Waals surface area contributed by atoms with E-state index < -0.39 is 41.8 Å². The number of ether oxygens (including phenoxy) is 1. The molecule has 13 N–H and O–H groups in total. The molecule has 0 aliphatic carbocycles. The number of guanidine groups is 1. The fraction of sp³-hybridized carbons (Fsp3) is 0.600. The minimum Gasteiger partial charge on any atom is -0.370 e. The molecule has 3 atom stereocenters. The minimum atomic E-state index is -0.935. The number of carbonyl (C=O) groups excluding carboxylic acids is 5. The third-order valence-corrected chi connectivity index (χ3v) is 7.17. The summed E-state index contributed by atoms with van der Waals surface area (Å²) in [6.07, 6.45) is 3.25. The van der Waals surface area contributed by atoms with Crippen molar-refractivity contribution in [1.82, 2.24) is 26.6 Å². The van der Waals surface area contributed by atoms with Crippen molar-refractivity contribution in [3.63, 3.8) is 0 Å². The Morgan fingerprint density at radius 1 is 0.804 bits per heavy atom. The van der Waals surface area contributed by atoms with E-state index in [4.69, 9.17) is 27.7 Å². The molecule has 0 spiro atoms. The average Bonchev–Trinajstić information content (AvgIpc) is 3.01. The number of carbonyl (C=O) groups is 5. The number of benzene rings is 1. The number of amides is 5. The molecule has 1 aromatic carbocycles. The zero-order chi connectivity index (χ0) is 33.7. The first kappa shape index (κ1) is 37.9. The summed E-state index contributed by atoms with van der Waals surface area (Å²) in [4.78, 5) is 68.6. The lowest BCUT2D eigenvalue weighted by Crippen LogP contribution is -2.54. The minimum absolute atomic E-state index is 0.0409. The summed E-state index contributed by atoms with van der Waals surface area (Å²) < 4.78 is 5.55. The predicted octanol–water partition coefficient (Wildman–Crippen LogP) is -2.28. The van der Waals surface area contributed by atoms with Crippen molar-refractivity contribution in [2.75, 3.05) is 33.0 Å². The third-order valence-electron chi connectivity index (χ3n) is 7.17. The maximum absolute atomic E-state index is 13.3. The van der Waals surface area contributed by atoms with Crippen molar-refractivity contribution >= 4 is 35.5 Å². The molecular weight excluding hydrogens is 596 g/mol. The van der Waals surface area contributed by atoms with E-state index in [1.54, 1.807) is 24.3 Å². The summed E-state index contributed by atoms with van der Waals surface area (Å²) >= 11 is 0. The second-order valence-electron chi connectivity index (χ2n) is 11.0. The molecule has 256 valence electrons. The van der Waals surface area contributed by atoms with Gasteiger partial charge in [0.25, 0.3) is 0 Å². The molecule has 1 aromatic rings. The van der Waals surface area contributed by atoms with E-state index in [-0.39, 0.29) is 57.6 Å². The van der Waals surface area contributed by atoms with Crippen LogP contribution >= 0.6 is 0 Å². The normalized spacial score (nSPS) is 21.4. The summed E-state index contributed by atoms with van der Waals surface area (Å²) in [6.45, 7) is 0.945. The Morgan fingerprint density at radius 3 is 2.15 bits per heavy atom. The summed E-state index contributed by atoms with van der Waals surface area (Å²) in [5.41, 5.74) is 23.8. The van der Waals surface area contributed by atoms with E-state index in [9.17, 15) is 24.0 Å². The summed E-state index contributed by atoms with van der Waals surface area (Å²) in [7, 11) is 0. The average molecular weight is 647 g/mol. The van der Waals surface area contributed by atoms with Crippen LogP contribution in [0.2, 0.25) is 0 Å². The molecule has 1 heterocycles. The van der Waals surface area contributed by atoms with Crippen LogP contribution in [0.4, 0.5) is 0 Å². The molecule has 16 nitrogen and oxygen atoms in total. The van der Waals surface area contributed by atoms with E-state index in [1.165, 1.54) is 0 Å². The molecule has 46 heavy (non-hydrogen) atoms. The number of rotatable bonds is 9. The summed E-state index contributed by atoms with van der Waals surface area (Å²) in [5.74, 6) is -2.39. The van der Waals surface area contributed by atoms with Gasteiger partial charge in [-0.25, -0.2) is 4.99 Å². The van der Waals surface area contributed by atoms with Gasteiger partial charge in [0.05, 0.1) is 13.0 Å². The van der Waals surface area contributed by atoms with Gasteiger partial charge in [-0.2, -0.15) is 0 Å². The van der Waals surface area contributed by atoms with Gasteiger partial charge in [-0.1, -0.05) is 24.3 Å². The summed E-state index contributed by atoms with van der Waals surface area (Å²) in [6, 6.07) is 4.42. The van der Waals surface area contributed by atoms with Crippen LogP contribution in [-0.4, -0.2) is 86.6 Å². The molecule has 2 bridgehead atoms. The fourth-order valence-corrected chi connectivity index (χ4v) is 4.73. The molecule has 0 fully saturated rings. The van der Waals surface area contributed by atoms with Crippen molar-refractivity contribution in [2.24, 2.45) is 27.9 Å². The monoisotopic (exact) mass is 646 g/mol. The lowest BCUT2D eigenvalue weighted by atomic mass is 10.1. The van der Waals surface area contributed by atoms with Crippen LogP contribution in [0.25, 0.3) is 0 Å². The Kier molecular flexibility index (Phi) is 17.7. The summed E-state index contributed by atoms with van der Waals surface area (Å²) in [5, 5.41) is 13.7. The molecule has 5 amide bonds. The standard InChI is InChI=1S/C30H50N10O6/c31-12-3-1-8-22-28(44)37-19-46-15-11-24(40-30(33)34)27(43)36-18-21-7-5-6-20(16-21)17-26(42)35-14-10-25(41)38-23(29(45)39-22)9-2-4-13-32/h5-7,16,22-24H,1-4,8-15,17-19,31-32H2,(H,35,42)(H,36,43)(H,37,44)(H,38,41)(H,39,45)(H4,33,34,40)/t22-,23-,24+/m0/s1. The predicted molar refractivity (Wildman–Crippen MR) is 172 cm³/mol. The Morgan fingerprint density at radius 2 is 1.48 bits per heavy atom. The fourth-order valence-electron chi connectivity index (χ4n) is 4.73. The second kappa shape index (κ2) is 21.5. The molecular formula is C30H50N10O6. The Bertz CT molecular complexity index is 1180. The van der Waals surface area contributed by atoms with Gasteiger partial charge in [-0.3, -0.25) is 24.0 Å². The Balaban J connectivity index is 2.23. The SMILES string of the molecule is NCCCC[C@@H]1NC(=O)CCNC(=O)Cc2cccc(c2)CNC(=O)[C@H](N=C(N)N)CCOCNC(=O)[C@H](CCCCN)NC1=O. The van der Waals surface area contributed by atoms with Gasteiger partial charge in [0, 0.05) is 25.9 Å². The lowest BCUT2D eigenvalue weighted by Gasteiger charge is -2.23. The van der Waals surface area contributed by atoms with E-state index in [0.717, 1.165) is 11.1 Å². The zero-order valence-corrected chi connectivity index (χ0v) is 26.4. The van der Waals surface area contributed by atoms with Crippen LogP contribution in [0.3, 0.4) is 0 Å². The maximum atomic E-state index is 13.3. The number of nitrogens with one attached hydrogen (secondary N) is 5. The smallest absolute Gasteiger partial charge is 0.245 e. The number of nitrogens with zero attached hydrogens (tertiary/aromatic N) is 1. The zero-order valence-electron chi connectivity index (χ0n) is 26.4. The molecule has 1 aliphatic heterocycles. The topological polar surface area (TPSA) is 271 Å². The number of hydrogen-bond donors (Lipinski definition) is 9. The van der Waals surface area contributed by atoms with Gasteiger partial charge in [-0.05, 0) is 62.7 Å². The van der Waals surface area contributed by atoms with Crippen LogP contribution in [-0.2, 0) is 41.7 Å². The number of hydrogen-bond acceptors (Lipinski definition) is 9. The van der Waals surface area contributed by atoms with Gasteiger partial charge in [-0.15, -0.1) is 0 Å². The van der Waals surface area contributed by atoms with E-state index in [1.807, 2.05) is 0 Å². The van der Waals surface area contributed by atoms with Gasteiger partial charge in [0.2, 0.25) is 29.5 Å². The molecule has 0 saturated heterocycles. The highest BCUT2D eigenvalue weighted by Gasteiger charge is 2.26. The van der Waals surface area contributed by atoms with Crippen molar-refractivity contribution in [2.45, 2.75) is 82.5 Å². The number of aliphatic imine (C=N–C) groups is 1. The van der Waals surface area contributed by atoms with Crippen molar-refractivity contribution in [1.29, 1.82) is 0 Å². The quantitative estimate of drug-likeness (QED) is 0.0787. The molecule has 2 rings (SSSR count). The van der Waals surface area contributed by atoms with Crippen LogP contribution in [0.1, 0.15) is 62.5 Å². The molecule has 0 saturated carbocycles. The van der Waals surface area contributed by atoms with Crippen LogP contribution in [0.5, 0.6) is 0 Å². The number of unbranched alkanes of at least 4 members (excludes halogenated alkanes) is 2. The van der Waals surface area contributed by atoms with Crippen LogP contribution < -0.4 is 49.5 Å². The van der Waals surface area contributed by atoms with E-state index in [0.29, 0.717) is 51.6 Å². The first-order valence-electron chi connectivity index (χ1n) is 15.7. The van der Waals surface area contributed by atoms with Crippen LogP contribution in [0.15, 0.2) is 29.3 Å².